The molecule has 0 amide bonds. The lowest BCUT2D eigenvalue weighted by atomic mass is 10.4. The van der Waals surface area contributed by atoms with Gasteiger partial charge in [-0.1, -0.05) is 12.0 Å². The summed E-state index contributed by atoms with van der Waals surface area (Å²) in [5.74, 6) is 7.33. The van der Waals surface area contributed by atoms with Crippen LogP contribution in [0.2, 0.25) is 0 Å². The van der Waals surface area contributed by atoms with Gasteiger partial charge in [-0.2, -0.15) is 0 Å². The van der Waals surface area contributed by atoms with Crippen molar-refractivity contribution < 1.29 is 0 Å². The minimum atomic E-state index is 0.685. The largest absolute Gasteiger partial charge is 0.106 e. The molecule has 0 radical (unpaired) electrons. The fourth-order valence-corrected chi connectivity index (χ4v) is 0.174. The van der Waals surface area contributed by atoms with Crippen LogP contribution in [-0.2, 0) is 0 Å². The van der Waals surface area contributed by atoms with Gasteiger partial charge in [-0.25, -0.2) is 0 Å². The normalized spacial score (nSPS) is 5.00. The van der Waals surface area contributed by atoms with E-state index in [0.717, 1.165) is 0 Å². The van der Waals surface area contributed by atoms with E-state index in [0.29, 0.717) is 6.42 Å². The van der Waals surface area contributed by atoms with Crippen molar-refractivity contribution in [2.45, 2.75) is 6.42 Å². The van der Waals surface area contributed by atoms with Gasteiger partial charge in [0.2, 0.25) is 0 Å². The Morgan fingerprint density at radius 2 is 2.43 bits per heavy atom. The van der Waals surface area contributed by atoms with Gasteiger partial charge < -0.3 is 0 Å². The zero-order valence-corrected chi connectivity index (χ0v) is 4.07. The molecule has 0 unspecified atom stereocenters. The van der Waals surface area contributed by atoms with Crippen molar-refractivity contribution >= 4 is 0 Å². The average Bonchev–Trinajstić information content (AvgIpc) is 1.69. The average molecular weight is 90.1 g/mol. The van der Waals surface area contributed by atoms with E-state index in [4.69, 9.17) is 6.42 Å². The quantitative estimate of drug-likeness (QED) is 0.335. The SMILES string of the molecule is C#CC#CCC=C. The fourth-order valence-electron chi connectivity index (χ4n) is 0.174. The molecule has 0 saturated carbocycles. The number of rotatable bonds is 1. The molecule has 0 aromatic carbocycles. The first-order chi connectivity index (χ1) is 3.41. The standard InChI is InChI=1S/C7H6/c1-3-5-7-6-4-2/h1,4H,2,6H2. The van der Waals surface area contributed by atoms with Crippen LogP contribution in [-0.4, -0.2) is 0 Å². The topological polar surface area (TPSA) is 0 Å². The van der Waals surface area contributed by atoms with Gasteiger partial charge >= 0.3 is 0 Å². The first-order valence-electron chi connectivity index (χ1n) is 1.96. The Bertz CT molecular complexity index is 136. The van der Waals surface area contributed by atoms with E-state index in [-0.39, 0.29) is 0 Å². The third kappa shape index (κ3) is 4.86. The molecule has 34 valence electrons. The minimum Gasteiger partial charge on any atom is -0.106 e. The Morgan fingerprint density at radius 1 is 1.71 bits per heavy atom. The smallest absolute Gasteiger partial charge is 0.0277 e. The van der Waals surface area contributed by atoms with Crippen molar-refractivity contribution in [2.24, 2.45) is 0 Å². The summed E-state index contributed by atoms with van der Waals surface area (Å²) in [7, 11) is 0. The molecule has 0 spiro atoms. The van der Waals surface area contributed by atoms with Crippen LogP contribution < -0.4 is 0 Å². The molecule has 0 aromatic heterocycles. The van der Waals surface area contributed by atoms with Crippen LogP contribution in [0.1, 0.15) is 6.42 Å². The lowest BCUT2D eigenvalue weighted by molar-refractivity contribution is 1.49. The van der Waals surface area contributed by atoms with Crippen molar-refractivity contribution in [3.8, 4) is 24.2 Å². The van der Waals surface area contributed by atoms with Crippen molar-refractivity contribution in [3.05, 3.63) is 12.7 Å². The highest BCUT2D eigenvalue weighted by Gasteiger charge is 1.57. The summed E-state index contributed by atoms with van der Waals surface area (Å²) in [6, 6.07) is 0. The van der Waals surface area contributed by atoms with Crippen LogP contribution in [0.5, 0.6) is 0 Å². The van der Waals surface area contributed by atoms with Crippen molar-refractivity contribution in [2.75, 3.05) is 0 Å². The summed E-state index contributed by atoms with van der Waals surface area (Å²) in [5, 5.41) is 0. The second kappa shape index (κ2) is 4.86. The second-order valence-electron chi connectivity index (χ2n) is 0.939. The number of allylic oxidation sites excluding steroid dienone is 1. The predicted molar refractivity (Wildman–Crippen MR) is 31.4 cm³/mol. The molecular formula is C7H6. The molecule has 0 aliphatic rings. The highest BCUT2D eigenvalue weighted by atomic mass is 13.6. The monoisotopic (exact) mass is 90.0 g/mol. The maximum Gasteiger partial charge on any atom is 0.0277 e. The summed E-state index contributed by atoms with van der Waals surface area (Å²) < 4.78 is 0. The van der Waals surface area contributed by atoms with E-state index in [1.165, 1.54) is 0 Å². The molecule has 0 bridgehead atoms. The zero-order chi connectivity index (χ0) is 5.54. The molecule has 0 aliphatic carbocycles. The molecule has 0 N–H and O–H groups in total. The Morgan fingerprint density at radius 3 is 2.86 bits per heavy atom. The number of hydrogen-bond donors (Lipinski definition) is 0. The molecule has 0 aromatic rings. The van der Waals surface area contributed by atoms with Crippen LogP contribution in [0.25, 0.3) is 0 Å². The van der Waals surface area contributed by atoms with Crippen molar-refractivity contribution in [3.63, 3.8) is 0 Å². The van der Waals surface area contributed by atoms with Gasteiger partial charge in [0, 0.05) is 6.42 Å². The lowest BCUT2D eigenvalue weighted by Gasteiger charge is -1.63. The summed E-state index contributed by atoms with van der Waals surface area (Å²) in [6.07, 6.45) is 7.21. The van der Waals surface area contributed by atoms with Crippen molar-refractivity contribution in [1.29, 1.82) is 0 Å². The van der Waals surface area contributed by atoms with Crippen molar-refractivity contribution in [1.82, 2.24) is 0 Å². The van der Waals surface area contributed by atoms with Gasteiger partial charge in [0.25, 0.3) is 0 Å². The summed E-state index contributed by atoms with van der Waals surface area (Å²) in [6.45, 7) is 3.46. The molecule has 0 saturated heterocycles. The molecule has 0 aliphatic heterocycles. The summed E-state index contributed by atoms with van der Waals surface area (Å²) >= 11 is 0. The first-order valence-corrected chi connectivity index (χ1v) is 1.96. The minimum absolute atomic E-state index is 0.685. The third-order valence-electron chi connectivity index (χ3n) is 0.407. The second-order valence-corrected chi connectivity index (χ2v) is 0.939. The van der Waals surface area contributed by atoms with Crippen LogP contribution in [0, 0.1) is 24.2 Å². The first kappa shape index (κ1) is 5.86. The maximum absolute atomic E-state index is 4.81. The Labute approximate surface area is 44.2 Å². The van der Waals surface area contributed by atoms with E-state index in [2.05, 4.69) is 24.3 Å². The Hall–Kier alpha value is -1.14. The number of terminal acetylenes is 1. The molecule has 7 heavy (non-hydrogen) atoms. The highest BCUT2D eigenvalue weighted by Crippen LogP contribution is 1.70. The predicted octanol–water partition coefficient (Wildman–Crippen LogP) is 1.20. The van der Waals surface area contributed by atoms with Crippen LogP contribution in [0.3, 0.4) is 0 Å². The van der Waals surface area contributed by atoms with E-state index in [1.54, 1.807) is 6.08 Å². The molecule has 0 rings (SSSR count). The Balaban J connectivity index is 3.30. The van der Waals surface area contributed by atoms with Gasteiger partial charge in [-0.3, -0.25) is 0 Å². The highest BCUT2D eigenvalue weighted by molar-refractivity contribution is 5.22. The van der Waals surface area contributed by atoms with E-state index in [9.17, 15) is 0 Å². The summed E-state index contributed by atoms with van der Waals surface area (Å²) in [5.41, 5.74) is 0. The Kier molecular flexibility index (Phi) is 4.07. The molecule has 0 atom stereocenters. The van der Waals surface area contributed by atoms with Crippen LogP contribution >= 0.6 is 0 Å². The molecular weight excluding hydrogens is 84.1 g/mol. The molecule has 0 nitrogen and oxygen atoms in total. The fraction of sp³-hybridized carbons (Fsp3) is 0.143. The number of hydrogen-bond acceptors (Lipinski definition) is 0. The van der Waals surface area contributed by atoms with Gasteiger partial charge in [0.05, 0.1) is 0 Å². The molecule has 0 fully saturated rings. The van der Waals surface area contributed by atoms with Crippen LogP contribution in [0.4, 0.5) is 0 Å². The van der Waals surface area contributed by atoms with E-state index >= 15 is 0 Å². The van der Waals surface area contributed by atoms with E-state index < -0.39 is 0 Å². The summed E-state index contributed by atoms with van der Waals surface area (Å²) in [4.78, 5) is 0. The molecule has 0 heterocycles. The van der Waals surface area contributed by atoms with E-state index in [1.807, 2.05) is 0 Å². The maximum atomic E-state index is 4.81. The van der Waals surface area contributed by atoms with Gasteiger partial charge in [-0.05, 0) is 11.8 Å². The lowest BCUT2D eigenvalue weighted by Crippen LogP contribution is -1.52. The molecule has 0 heteroatoms. The van der Waals surface area contributed by atoms with Gasteiger partial charge in [-0.15, -0.1) is 13.0 Å². The third-order valence-corrected chi connectivity index (χ3v) is 0.407. The van der Waals surface area contributed by atoms with Crippen LogP contribution in [0.15, 0.2) is 12.7 Å². The zero-order valence-electron chi connectivity index (χ0n) is 4.07. The van der Waals surface area contributed by atoms with Gasteiger partial charge in [0.1, 0.15) is 0 Å². The van der Waals surface area contributed by atoms with Gasteiger partial charge in [0.15, 0.2) is 0 Å².